The van der Waals surface area contributed by atoms with Gasteiger partial charge in [-0.1, -0.05) is 91.0 Å². The monoisotopic (exact) mass is 1530 g/mol. The number of benzene rings is 3. The van der Waals surface area contributed by atoms with Crippen LogP contribution in [0.2, 0.25) is 0 Å². The van der Waals surface area contributed by atoms with E-state index in [0.29, 0.717) is 23.1 Å². The summed E-state index contributed by atoms with van der Waals surface area (Å²) in [7, 11) is 0. The number of carbonyl (C=O) groups is 19. The third-order valence-corrected chi connectivity index (χ3v) is 16.5. The van der Waals surface area contributed by atoms with Crippen molar-refractivity contribution in [3.63, 3.8) is 0 Å². The van der Waals surface area contributed by atoms with Crippen LogP contribution in [-0.2, 0) is 110 Å². The van der Waals surface area contributed by atoms with Gasteiger partial charge in [0.05, 0.1) is 0 Å². The molecule has 39 nitrogen and oxygen atoms in total. The van der Waals surface area contributed by atoms with Crippen LogP contribution in [0.15, 0.2) is 91.0 Å². The highest BCUT2D eigenvalue weighted by Crippen LogP contribution is 2.15. The second-order valence-electron chi connectivity index (χ2n) is 25.5. The first-order valence-corrected chi connectivity index (χ1v) is 34.8. The number of carboxylic acids is 2. The Labute approximate surface area is 626 Å². The van der Waals surface area contributed by atoms with Gasteiger partial charge < -0.3 is 109 Å². The topological polar surface area (TPSA) is 679 Å². The maximum atomic E-state index is 14.9. The number of carboxylic acid groups (broad SMARTS) is 2. The highest BCUT2D eigenvalue weighted by atomic mass is 16.4. The van der Waals surface area contributed by atoms with Gasteiger partial charge in [-0.15, -0.1) is 0 Å². The fourth-order valence-corrected chi connectivity index (χ4v) is 10.8. The zero-order valence-corrected chi connectivity index (χ0v) is 60.1. The van der Waals surface area contributed by atoms with Gasteiger partial charge in [0.2, 0.25) is 100 Å². The molecule has 0 saturated heterocycles. The van der Waals surface area contributed by atoms with Gasteiger partial charge in [-0.2, -0.15) is 0 Å². The summed E-state index contributed by atoms with van der Waals surface area (Å²) in [6, 6.07) is 5.18. The molecular formula is C70H98N18O21. The van der Waals surface area contributed by atoms with Gasteiger partial charge in [-0.25, -0.2) is 4.79 Å². The van der Waals surface area contributed by atoms with Gasteiger partial charge in [-0.3, -0.25) is 86.3 Å². The summed E-state index contributed by atoms with van der Waals surface area (Å²) in [5.41, 5.74) is 39.3. The third-order valence-electron chi connectivity index (χ3n) is 16.5. The molecule has 11 atom stereocenters. The van der Waals surface area contributed by atoms with E-state index in [1.54, 1.807) is 78.9 Å². The Bertz CT molecular complexity index is 3690. The number of rotatable bonds is 53. The highest BCUT2D eigenvalue weighted by molar-refractivity contribution is 6.00. The lowest BCUT2D eigenvalue weighted by Crippen LogP contribution is -2.61. The summed E-state index contributed by atoms with van der Waals surface area (Å²) in [6.07, 6.45) is -8.21. The predicted octanol–water partition coefficient (Wildman–Crippen LogP) is -6.26. The second kappa shape index (κ2) is 47.9. The molecular weight excluding hydrogens is 1430 g/mol. The second-order valence-corrected chi connectivity index (χ2v) is 25.5. The average molecular weight is 1530 g/mol. The number of nitrogens with two attached hydrogens (primary N) is 7. The Morgan fingerprint density at radius 2 is 0.477 bits per heavy atom. The standard InChI is InChI=1S/C70H98N18O21/c1-38(89)78-43(20-27-53(72)90)61(99)80-44(21-28-54(73)91)62(100)79-42(19-11-12-34-71)60(98)86-50(35-39-13-5-2-6-14-39)67(105)82-46(23-30-56(75)93)65(103)87-51(36-40-15-7-3-8-16-40)68(106)83-47(24-31-57(76)94)66(104)88-52(37-41-17-9-4-10-18-41)69(107)84-48(26-33-59(96)97)63(101)81-45(22-29-55(74)92)64(102)85-49(70(108)109)25-32-58(77)95/h2-10,13-18,42-52H,11-12,19-37,71H2,1H3,(H2,72,90)(H2,73,91)(H2,74,92)(H2,75,93)(H2,76,94)(H2,77,95)(H,78,89)(H,79,100)(H,80,99)(H,81,101)(H,82,105)(H,83,106)(H,84,107)(H,85,102)(H,86,98)(H,87,103)(H,88,104)(H,96,97)(H,108,109)/t42-,43-,44-,45-,46-,47-,48-,49-,50-,51-,52-/m0/s1. The molecule has 39 heteroatoms. The van der Waals surface area contributed by atoms with Crippen molar-refractivity contribution in [2.24, 2.45) is 40.1 Å². The van der Waals surface area contributed by atoms with Crippen LogP contribution < -0.4 is 98.6 Å². The number of amides is 17. The van der Waals surface area contributed by atoms with E-state index in [0.717, 1.165) is 6.92 Å². The first kappa shape index (κ1) is 90.8. The molecule has 109 heavy (non-hydrogen) atoms. The lowest BCUT2D eigenvalue weighted by molar-refractivity contribution is -0.143. The molecule has 27 N–H and O–H groups in total. The first-order valence-electron chi connectivity index (χ1n) is 34.8. The largest absolute Gasteiger partial charge is 0.481 e. The van der Waals surface area contributed by atoms with Crippen LogP contribution in [0.4, 0.5) is 0 Å². The molecule has 3 rings (SSSR count). The Morgan fingerprint density at radius 1 is 0.275 bits per heavy atom. The molecule has 0 bridgehead atoms. The first-order chi connectivity index (χ1) is 51.5. The maximum absolute atomic E-state index is 14.9. The van der Waals surface area contributed by atoms with E-state index in [4.69, 9.17) is 40.1 Å². The quantitative estimate of drug-likeness (QED) is 0.0234. The van der Waals surface area contributed by atoms with Crippen LogP contribution in [0.25, 0.3) is 0 Å². The normalized spacial score (nSPS) is 13.9. The zero-order chi connectivity index (χ0) is 81.3. The van der Waals surface area contributed by atoms with E-state index in [2.05, 4.69) is 58.5 Å². The molecule has 3 aromatic rings. The summed E-state index contributed by atoms with van der Waals surface area (Å²) < 4.78 is 0. The van der Waals surface area contributed by atoms with Crippen molar-refractivity contribution in [1.82, 2.24) is 58.5 Å². The summed E-state index contributed by atoms with van der Waals surface area (Å²) in [5, 5.41) is 46.2. The van der Waals surface area contributed by atoms with Crippen LogP contribution in [0.3, 0.4) is 0 Å². The van der Waals surface area contributed by atoms with E-state index in [9.17, 15) is 101 Å². The molecule has 0 aromatic heterocycles. The van der Waals surface area contributed by atoms with Crippen molar-refractivity contribution in [3.05, 3.63) is 108 Å². The Balaban J connectivity index is 2.11. The van der Waals surface area contributed by atoms with E-state index in [-0.39, 0.29) is 45.1 Å². The number of unbranched alkanes of at least 4 members (excludes halogenated alkanes) is 1. The molecule has 0 aliphatic rings. The van der Waals surface area contributed by atoms with Crippen LogP contribution >= 0.6 is 0 Å². The van der Waals surface area contributed by atoms with E-state index < -0.39 is 262 Å². The molecule has 0 unspecified atom stereocenters. The minimum absolute atomic E-state index is 0.133. The van der Waals surface area contributed by atoms with Crippen molar-refractivity contribution in [2.45, 2.75) is 202 Å². The van der Waals surface area contributed by atoms with Gasteiger partial charge in [0.1, 0.15) is 66.5 Å². The lowest BCUT2D eigenvalue weighted by atomic mass is 10.0. The van der Waals surface area contributed by atoms with Gasteiger partial charge in [0.15, 0.2) is 0 Å². The molecule has 0 aliphatic carbocycles. The number of hydrogen-bond donors (Lipinski definition) is 20. The molecule has 0 heterocycles. The third kappa shape index (κ3) is 36.4. The van der Waals surface area contributed by atoms with Gasteiger partial charge >= 0.3 is 11.9 Å². The number of carbonyl (C=O) groups excluding carboxylic acids is 17. The number of nitrogens with one attached hydrogen (secondary N) is 11. The maximum Gasteiger partial charge on any atom is 0.326 e. The van der Waals surface area contributed by atoms with Crippen molar-refractivity contribution in [3.8, 4) is 0 Å². The predicted molar refractivity (Wildman–Crippen MR) is 385 cm³/mol. The number of primary amides is 6. The molecule has 0 saturated carbocycles. The molecule has 0 radical (unpaired) electrons. The molecule has 594 valence electrons. The molecule has 0 spiro atoms. The van der Waals surface area contributed by atoms with Crippen molar-refractivity contribution < 1.29 is 101 Å². The molecule has 0 aliphatic heterocycles. The highest BCUT2D eigenvalue weighted by Gasteiger charge is 2.38. The average Bonchev–Trinajstić information content (AvgIpc) is 0.850. The fraction of sp³-hybridized carbons (Fsp3) is 0.471. The molecule has 17 amide bonds. The summed E-state index contributed by atoms with van der Waals surface area (Å²) in [4.78, 5) is 252. The van der Waals surface area contributed by atoms with E-state index >= 15 is 0 Å². The van der Waals surface area contributed by atoms with Crippen LogP contribution in [-0.4, -0.2) is 196 Å². The number of hydrogen-bond acceptors (Lipinski definition) is 20. The lowest BCUT2D eigenvalue weighted by Gasteiger charge is -2.28. The smallest absolute Gasteiger partial charge is 0.326 e. The minimum Gasteiger partial charge on any atom is -0.481 e. The van der Waals surface area contributed by atoms with E-state index in [1.165, 1.54) is 12.1 Å². The summed E-state index contributed by atoms with van der Waals surface area (Å²) in [6.45, 7) is 1.22. The SMILES string of the molecule is CC(=O)N[C@@H](CCC(N)=O)C(=O)N[C@@H](CCC(N)=O)C(=O)N[C@@H](CCCCN)C(=O)N[C@@H](Cc1ccccc1)C(=O)N[C@@H](CCC(N)=O)C(=O)N[C@@H](Cc1ccccc1)C(=O)N[C@@H](CCC(N)=O)C(=O)N[C@@H](Cc1ccccc1)C(=O)N[C@@H](CCC(=O)O)C(=O)N[C@@H](CCC(N)=O)C(=O)N[C@@H](CCC(N)=O)C(=O)O. The summed E-state index contributed by atoms with van der Waals surface area (Å²) in [5.74, 6) is -20.5. The van der Waals surface area contributed by atoms with Crippen molar-refractivity contribution in [2.75, 3.05) is 6.54 Å². The molecule has 3 aromatic carbocycles. The van der Waals surface area contributed by atoms with Gasteiger partial charge in [0, 0.05) is 71.1 Å². The molecule has 0 fully saturated rings. The van der Waals surface area contributed by atoms with E-state index in [1.807, 2.05) is 0 Å². The van der Waals surface area contributed by atoms with Crippen LogP contribution in [0, 0.1) is 0 Å². The van der Waals surface area contributed by atoms with Gasteiger partial charge in [-0.05, 0) is 87.4 Å². The Hall–Kier alpha value is -12.5. The zero-order valence-electron chi connectivity index (χ0n) is 60.1. The van der Waals surface area contributed by atoms with Crippen molar-refractivity contribution in [1.29, 1.82) is 0 Å². The Morgan fingerprint density at radius 3 is 0.697 bits per heavy atom. The summed E-state index contributed by atoms with van der Waals surface area (Å²) >= 11 is 0. The van der Waals surface area contributed by atoms with Crippen LogP contribution in [0.1, 0.15) is 133 Å². The van der Waals surface area contributed by atoms with Crippen LogP contribution in [0.5, 0.6) is 0 Å². The van der Waals surface area contributed by atoms with Gasteiger partial charge in [0.25, 0.3) is 0 Å². The minimum atomic E-state index is -1.87. The Kier molecular flexibility index (Phi) is 39.9. The number of aliphatic carboxylic acids is 2. The fourth-order valence-electron chi connectivity index (χ4n) is 10.8. The van der Waals surface area contributed by atoms with Crippen molar-refractivity contribution >= 4 is 112 Å².